The highest BCUT2D eigenvalue weighted by Gasteiger charge is 2.20. The highest BCUT2D eigenvalue weighted by Crippen LogP contribution is 2.11. The molecule has 0 radical (unpaired) electrons. The summed E-state index contributed by atoms with van der Waals surface area (Å²) in [6.07, 6.45) is -1.58. The van der Waals surface area contributed by atoms with E-state index in [1.165, 1.54) is 31.2 Å². The van der Waals surface area contributed by atoms with Crippen LogP contribution in [0.5, 0.6) is 0 Å². The standard InChI is InChI=1S/C12H15NO6S/c1-8(14)9-3-5-10(6-4-9)20(17,18)13-7-11(15)12(16)19-2/h3-6,11,13,15H,7H2,1-2H3. The number of benzene rings is 1. The molecule has 110 valence electrons. The lowest BCUT2D eigenvalue weighted by Gasteiger charge is -2.10. The van der Waals surface area contributed by atoms with Crippen LogP contribution in [0.1, 0.15) is 17.3 Å². The third kappa shape index (κ3) is 4.12. The summed E-state index contributed by atoms with van der Waals surface area (Å²) in [7, 11) is -2.78. The van der Waals surface area contributed by atoms with E-state index in [1.807, 2.05) is 0 Å². The molecule has 0 saturated carbocycles. The first-order chi connectivity index (χ1) is 9.27. The lowest BCUT2D eigenvalue weighted by molar-refractivity contribution is -0.149. The highest BCUT2D eigenvalue weighted by atomic mass is 32.2. The predicted molar refractivity (Wildman–Crippen MR) is 69.7 cm³/mol. The van der Waals surface area contributed by atoms with E-state index in [0.29, 0.717) is 5.56 Å². The van der Waals surface area contributed by atoms with Crippen molar-refractivity contribution in [2.45, 2.75) is 17.9 Å². The largest absolute Gasteiger partial charge is 0.467 e. The van der Waals surface area contributed by atoms with Gasteiger partial charge in [-0.15, -0.1) is 0 Å². The molecule has 8 heteroatoms. The summed E-state index contributed by atoms with van der Waals surface area (Å²) < 4.78 is 30.1. The zero-order valence-corrected chi connectivity index (χ0v) is 11.8. The van der Waals surface area contributed by atoms with E-state index in [-0.39, 0.29) is 10.7 Å². The Bertz CT molecular complexity index is 593. The monoisotopic (exact) mass is 301 g/mol. The molecule has 1 aromatic carbocycles. The van der Waals surface area contributed by atoms with Crippen molar-refractivity contribution in [2.75, 3.05) is 13.7 Å². The molecule has 0 fully saturated rings. The molecule has 0 spiro atoms. The van der Waals surface area contributed by atoms with Crippen molar-refractivity contribution in [1.29, 1.82) is 0 Å². The number of rotatable bonds is 6. The van der Waals surface area contributed by atoms with Gasteiger partial charge in [-0.2, -0.15) is 0 Å². The molecule has 0 bridgehead atoms. The Balaban J connectivity index is 2.79. The molecule has 0 aliphatic heterocycles. The molecule has 7 nitrogen and oxygen atoms in total. The number of ketones is 1. The van der Waals surface area contributed by atoms with E-state index >= 15 is 0 Å². The molecule has 0 saturated heterocycles. The first-order valence-electron chi connectivity index (χ1n) is 5.64. The molecule has 0 heterocycles. The third-order valence-electron chi connectivity index (χ3n) is 2.51. The van der Waals surface area contributed by atoms with Gasteiger partial charge in [0.1, 0.15) is 0 Å². The summed E-state index contributed by atoms with van der Waals surface area (Å²) in [6, 6.07) is 5.30. The van der Waals surface area contributed by atoms with Crippen molar-refractivity contribution >= 4 is 21.8 Å². The molecule has 2 N–H and O–H groups in total. The van der Waals surface area contributed by atoms with Crippen LogP contribution in [0, 0.1) is 0 Å². The maximum atomic E-state index is 11.9. The van der Waals surface area contributed by atoms with Crippen LogP contribution >= 0.6 is 0 Å². The molecule has 0 aliphatic rings. The fourth-order valence-corrected chi connectivity index (χ4v) is 2.40. The molecular weight excluding hydrogens is 286 g/mol. The lowest BCUT2D eigenvalue weighted by atomic mass is 10.2. The second-order valence-electron chi connectivity index (χ2n) is 3.97. The smallest absolute Gasteiger partial charge is 0.336 e. The van der Waals surface area contributed by atoms with Gasteiger partial charge < -0.3 is 9.84 Å². The lowest BCUT2D eigenvalue weighted by Crippen LogP contribution is -2.37. The number of ether oxygens (including phenoxy) is 1. The summed E-state index contributed by atoms with van der Waals surface area (Å²) in [5.41, 5.74) is 0.388. The van der Waals surface area contributed by atoms with Crippen molar-refractivity contribution in [3.63, 3.8) is 0 Å². The first kappa shape index (κ1) is 16.3. The number of nitrogens with one attached hydrogen (secondary N) is 1. The van der Waals surface area contributed by atoms with Gasteiger partial charge >= 0.3 is 5.97 Å². The number of sulfonamides is 1. The highest BCUT2D eigenvalue weighted by molar-refractivity contribution is 7.89. The molecule has 0 aromatic heterocycles. The minimum Gasteiger partial charge on any atom is -0.467 e. The summed E-state index contributed by atoms with van der Waals surface area (Å²) in [6.45, 7) is 0.873. The predicted octanol–water partition coefficient (Wildman–Crippen LogP) is -0.299. The van der Waals surface area contributed by atoms with Crippen LogP contribution in [0.3, 0.4) is 0 Å². The zero-order valence-electron chi connectivity index (χ0n) is 11.0. The number of Topliss-reactive ketones (excluding diaryl/α,β-unsaturated/α-hetero) is 1. The Morgan fingerprint density at radius 3 is 2.30 bits per heavy atom. The second-order valence-corrected chi connectivity index (χ2v) is 5.74. The fraction of sp³-hybridized carbons (Fsp3) is 0.333. The van der Waals surface area contributed by atoms with Crippen LogP contribution < -0.4 is 4.72 Å². The van der Waals surface area contributed by atoms with Gasteiger partial charge in [0.2, 0.25) is 10.0 Å². The number of esters is 1. The fourth-order valence-electron chi connectivity index (χ4n) is 1.36. The van der Waals surface area contributed by atoms with E-state index < -0.39 is 28.6 Å². The number of hydrogen-bond acceptors (Lipinski definition) is 6. The van der Waals surface area contributed by atoms with Crippen LogP contribution in [-0.4, -0.2) is 45.0 Å². The molecule has 1 unspecified atom stereocenters. The molecular formula is C12H15NO6S. The van der Waals surface area contributed by atoms with Crippen molar-refractivity contribution in [3.05, 3.63) is 29.8 Å². The van der Waals surface area contributed by atoms with Crippen molar-refractivity contribution in [1.82, 2.24) is 4.72 Å². The Hall–Kier alpha value is -1.77. The maximum absolute atomic E-state index is 11.9. The minimum absolute atomic E-state index is 0.0698. The van der Waals surface area contributed by atoms with Crippen LogP contribution in [-0.2, 0) is 19.6 Å². The van der Waals surface area contributed by atoms with Crippen LogP contribution in [0.15, 0.2) is 29.2 Å². The molecule has 20 heavy (non-hydrogen) atoms. The number of hydrogen-bond donors (Lipinski definition) is 2. The average molecular weight is 301 g/mol. The van der Waals surface area contributed by atoms with Crippen LogP contribution in [0.4, 0.5) is 0 Å². The van der Waals surface area contributed by atoms with Gasteiger partial charge in [-0.3, -0.25) is 4.79 Å². The minimum atomic E-state index is -3.87. The number of aliphatic hydroxyl groups is 1. The van der Waals surface area contributed by atoms with Gasteiger partial charge in [0, 0.05) is 12.1 Å². The van der Waals surface area contributed by atoms with Gasteiger partial charge in [0.25, 0.3) is 0 Å². The van der Waals surface area contributed by atoms with Crippen molar-refractivity contribution in [3.8, 4) is 0 Å². The normalized spacial score (nSPS) is 12.8. The Kier molecular flexibility index (Phi) is 5.37. The van der Waals surface area contributed by atoms with E-state index in [4.69, 9.17) is 0 Å². The van der Waals surface area contributed by atoms with Crippen molar-refractivity contribution < 1.29 is 27.9 Å². The Labute approximate surface area is 116 Å². The van der Waals surface area contributed by atoms with E-state index in [0.717, 1.165) is 7.11 Å². The number of carbonyl (C=O) groups excluding carboxylic acids is 2. The molecule has 1 aromatic rings. The Morgan fingerprint density at radius 1 is 1.30 bits per heavy atom. The first-order valence-corrected chi connectivity index (χ1v) is 7.13. The molecule has 1 rings (SSSR count). The van der Waals surface area contributed by atoms with Crippen LogP contribution in [0.2, 0.25) is 0 Å². The van der Waals surface area contributed by atoms with Gasteiger partial charge in [-0.25, -0.2) is 17.9 Å². The molecule has 1 atom stereocenters. The second kappa shape index (κ2) is 6.60. The van der Waals surface area contributed by atoms with E-state index in [9.17, 15) is 23.1 Å². The summed E-state index contributed by atoms with van der Waals surface area (Å²) >= 11 is 0. The average Bonchev–Trinajstić information content (AvgIpc) is 2.44. The number of methoxy groups -OCH3 is 1. The summed E-state index contributed by atoms with van der Waals surface area (Å²) in [5, 5.41) is 9.30. The van der Waals surface area contributed by atoms with Gasteiger partial charge in [-0.05, 0) is 19.1 Å². The third-order valence-corrected chi connectivity index (χ3v) is 3.95. The van der Waals surface area contributed by atoms with Gasteiger partial charge in [-0.1, -0.05) is 12.1 Å². The van der Waals surface area contributed by atoms with E-state index in [2.05, 4.69) is 9.46 Å². The van der Waals surface area contributed by atoms with E-state index in [1.54, 1.807) is 0 Å². The quantitative estimate of drug-likeness (QED) is 0.551. The maximum Gasteiger partial charge on any atom is 0.336 e. The molecule has 0 aliphatic carbocycles. The number of carbonyl (C=O) groups is 2. The van der Waals surface area contributed by atoms with Crippen LogP contribution in [0.25, 0.3) is 0 Å². The summed E-state index contributed by atoms with van der Waals surface area (Å²) in [4.78, 5) is 22.0. The van der Waals surface area contributed by atoms with Gasteiger partial charge in [0.15, 0.2) is 11.9 Å². The zero-order chi connectivity index (χ0) is 15.3. The number of aliphatic hydroxyl groups excluding tert-OH is 1. The SMILES string of the molecule is COC(=O)C(O)CNS(=O)(=O)c1ccc(C(C)=O)cc1. The van der Waals surface area contributed by atoms with Crippen molar-refractivity contribution in [2.24, 2.45) is 0 Å². The van der Waals surface area contributed by atoms with Gasteiger partial charge in [0.05, 0.1) is 12.0 Å². The topological polar surface area (TPSA) is 110 Å². The summed E-state index contributed by atoms with van der Waals surface area (Å²) in [5.74, 6) is -1.11. The molecule has 0 amide bonds. The Morgan fingerprint density at radius 2 is 1.85 bits per heavy atom.